The number of benzene rings is 9. The minimum absolute atomic E-state index is 0.0275. The van der Waals surface area contributed by atoms with Crippen LogP contribution < -0.4 is 0 Å². The zero-order valence-corrected chi connectivity index (χ0v) is 31.7. The van der Waals surface area contributed by atoms with E-state index in [9.17, 15) is 0 Å². The summed E-state index contributed by atoms with van der Waals surface area (Å²) in [6.45, 7) is 4.67. The lowest BCUT2D eigenvalue weighted by molar-refractivity contribution is 0.660. The summed E-state index contributed by atoms with van der Waals surface area (Å²) in [4.78, 5) is 15.5. The lowest BCUT2D eigenvalue weighted by atomic mass is 9.82. The van der Waals surface area contributed by atoms with Gasteiger partial charge >= 0.3 is 0 Å². The van der Waals surface area contributed by atoms with Crippen molar-refractivity contribution in [3.63, 3.8) is 0 Å². The summed E-state index contributed by atoms with van der Waals surface area (Å²) in [7, 11) is 0. The summed E-state index contributed by atoms with van der Waals surface area (Å²) in [6, 6.07) is 67.3. The zero-order valence-electron chi connectivity index (χ0n) is 31.7. The predicted molar refractivity (Wildman–Crippen MR) is 237 cm³/mol. The molecule has 3 heteroatoms. The molecule has 268 valence electrons. The molecule has 0 aliphatic heterocycles. The fourth-order valence-corrected chi connectivity index (χ4v) is 9.05. The normalized spacial score (nSPS) is 12.9. The van der Waals surface area contributed by atoms with Crippen LogP contribution in [-0.2, 0) is 5.41 Å². The van der Waals surface area contributed by atoms with Crippen LogP contribution in [0.1, 0.15) is 25.0 Å². The highest BCUT2D eigenvalue weighted by atomic mass is 15.0. The smallest absolute Gasteiger partial charge is 0.164 e. The molecule has 1 aliphatic rings. The predicted octanol–water partition coefficient (Wildman–Crippen LogP) is 14.0. The number of fused-ring (bicyclic) bond motifs is 9. The number of nitrogens with zero attached hydrogens (tertiary/aromatic N) is 3. The van der Waals surface area contributed by atoms with Crippen LogP contribution in [0, 0.1) is 0 Å². The maximum atomic E-state index is 5.25. The Morgan fingerprint density at radius 3 is 1.53 bits per heavy atom. The van der Waals surface area contributed by atoms with E-state index in [1.807, 2.05) is 24.3 Å². The van der Waals surface area contributed by atoms with Crippen molar-refractivity contribution in [1.82, 2.24) is 15.0 Å². The summed E-state index contributed by atoms with van der Waals surface area (Å²) >= 11 is 0. The summed E-state index contributed by atoms with van der Waals surface area (Å²) in [5, 5.41) is 7.13. The lowest BCUT2D eigenvalue weighted by Gasteiger charge is -2.21. The molecule has 0 radical (unpaired) electrons. The first-order valence-corrected chi connectivity index (χ1v) is 19.6. The van der Waals surface area contributed by atoms with Crippen LogP contribution in [-0.4, -0.2) is 15.0 Å². The van der Waals surface area contributed by atoms with Crippen molar-refractivity contribution in [3.05, 3.63) is 199 Å². The molecule has 9 aromatic carbocycles. The molecule has 0 unspecified atom stereocenters. The molecule has 3 nitrogen and oxygen atoms in total. The minimum atomic E-state index is -0.0275. The van der Waals surface area contributed by atoms with Crippen LogP contribution in [0.5, 0.6) is 0 Å². The average Bonchev–Trinajstić information content (AvgIpc) is 3.51. The fraction of sp³-hybridized carbons (Fsp3) is 0.0556. The highest BCUT2D eigenvalue weighted by Crippen LogP contribution is 2.50. The van der Waals surface area contributed by atoms with Crippen molar-refractivity contribution in [1.29, 1.82) is 0 Å². The maximum Gasteiger partial charge on any atom is 0.164 e. The van der Waals surface area contributed by atoms with Gasteiger partial charge in [0.2, 0.25) is 0 Å². The third-order valence-corrected chi connectivity index (χ3v) is 11.9. The summed E-state index contributed by atoms with van der Waals surface area (Å²) < 4.78 is 0. The van der Waals surface area contributed by atoms with Gasteiger partial charge in [-0.25, -0.2) is 15.0 Å². The van der Waals surface area contributed by atoms with Crippen molar-refractivity contribution >= 4 is 32.3 Å². The van der Waals surface area contributed by atoms with E-state index in [-0.39, 0.29) is 5.41 Å². The first-order chi connectivity index (χ1) is 28.0. The Hall–Kier alpha value is -7.23. The van der Waals surface area contributed by atoms with E-state index >= 15 is 0 Å². The molecule has 0 saturated heterocycles. The van der Waals surface area contributed by atoms with E-state index in [4.69, 9.17) is 15.0 Å². The van der Waals surface area contributed by atoms with E-state index in [0.29, 0.717) is 17.5 Å². The van der Waals surface area contributed by atoms with E-state index in [1.165, 1.54) is 65.9 Å². The van der Waals surface area contributed by atoms with Crippen LogP contribution >= 0.6 is 0 Å². The van der Waals surface area contributed by atoms with Gasteiger partial charge < -0.3 is 0 Å². The quantitative estimate of drug-likeness (QED) is 0.166. The third-order valence-electron chi connectivity index (χ3n) is 11.9. The molecule has 0 spiro atoms. The number of aromatic nitrogens is 3. The second-order valence-corrected chi connectivity index (χ2v) is 15.6. The second-order valence-electron chi connectivity index (χ2n) is 15.6. The summed E-state index contributed by atoms with van der Waals surface area (Å²) in [5.74, 6) is 1.94. The average molecular weight is 728 g/mol. The molecule has 0 fully saturated rings. The highest BCUT2D eigenvalue weighted by Gasteiger charge is 2.35. The van der Waals surface area contributed by atoms with Crippen molar-refractivity contribution < 1.29 is 0 Å². The van der Waals surface area contributed by atoms with Gasteiger partial charge in [0, 0.05) is 27.5 Å². The molecule has 1 heterocycles. The second kappa shape index (κ2) is 12.9. The molecule has 1 aliphatic carbocycles. The van der Waals surface area contributed by atoms with Crippen LogP contribution in [0.2, 0.25) is 0 Å². The number of rotatable bonds is 5. The van der Waals surface area contributed by atoms with E-state index in [0.717, 1.165) is 27.6 Å². The van der Waals surface area contributed by atoms with Gasteiger partial charge in [-0.2, -0.15) is 0 Å². The van der Waals surface area contributed by atoms with E-state index in [2.05, 4.69) is 178 Å². The number of hydrogen-bond donors (Lipinski definition) is 0. The molecule has 0 saturated carbocycles. The van der Waals surface area contributed by atoms with Crippen molar-refractivity contribution in [3.8, 4) is 67.5 Å². The largest absolute Gasteiger partial charge is 0.208 e. The van der Waals surface area contributed by atoms with E-state index < -0.39 is 0 Å². The summed E-state index contributed by atoms with van der Waals surface area (Å²) in [5.41, 5.74) is 13.0. The third kappa shape index (κ3) is 5.38. The maximum absolute atomic E-state index is 5.25. The standard InChI is InChI=1S/C54H37N3/c1-54(2)48-23-12-11-20-42(48)47-33-39(29-31-49(47)54)38-28-30-44-46(32-38)41-19-10-9-18-40(41)43-21-13-22-45(50(43)44)53-56-51(36-16-7-4-8-17-36)55-52(57-53)37-26-24-35(25-27-37)34-14-5-3-6-15-34/h3-33H,1-2H3. The van der Waals surface area contributed by atoms with Crippen LogP contribution in [0.15, 0.2) is 188 Å². The number of hydrogen-bond acceptors (Lipinski definition) is 3. The van der Waals surface area contributed by atoms with Gasteiger partial charge in [0.15, 0.2) is 17.5 Å². The Morgan fingerprint density at radius 2 is 0.772 bits per heavy atom. The molecule has 10 aromatic rings. The van der Waals surface area contributed by atoms with Crippen LogP contribution in [0.25, 0.3) is 99.9 Å². The Bertz CT molecular complexity index is 3180. The Kier molecular flexibility index (Phi) is 7.52. The Morgan fingerprint density at radius 1 is 0.298 bits per heavy atom. The first-order valence-electron chi connectivity index (χ1n) is 19.6. The molecule has 11 rings (SSSR count). The van der Waals surface area contributed by atoms with Crippen LogP contribution in [0.3, 0.4) is 0 Å². The molecule has 0 atom stereocenters. The molecule has 0 amide bonds. The Balaban J connectivity index is 1.11. The fourth-order valence-electron chi connectivity index (χ4n) is 9.05. The van der Waals surface area contributed by atoms with Crippen molar-refractivity contribution in [2.45, 2.75) is 19.3 Å². The lowest BCUT2D eigenvalue weighted by Crippen LogP contribution is -2.14. The first kappa shape index (κ1) is 33.1. The van der Waals surface area contributed by atoms with Crippen LogP contribution in [0.4, 0.5) is 0 Å². The minimum Gasteiger partial charge on any atom is -0.208 e. The van der Waals surface area contributed by atoms with Gasteiger partial charge in [-0.1, -0.05) is 190 Å². The van der Waals surface area contributed by atoms with Gasteiger partial charge in [0.05, 0.1) is 0 Å². The summed E-state index contributed by atoms with van der Waals surface area (Å²) in [6.07, 6.45) is 0. The van der Waals surface area contributed by atoms with E-state index in [1.54, 1.807) is 0 Å². The van der Waals surface area contributed by atoms with Gasteiger partial charge in [-0.05, 0) is 83.6 Å². The molecule has 0 N–H and O–H groups in total. The molecule has 57 heavy (non-hydrogen) atoms. The van der Waals surface area contributed by atoms with Gasteiger partial charge in [0.1, 0.15) is 0 Å². The Labute approximate surface area is 332 Å². The van der Waals surface area contributed by atoms with Crippen molar-refractivity contribution in [2.24, 2.45) is 0 Å². The monoisotopic (exact) mass is 727 g/mol. The van der Waals surface area contributed by atoms with Gasteiger partial charge in [-0.3, -0.25) is 0 Å². The molecular weight excluding hydrogens is 691 g/mol. The highest BCUT2D eigenvalue weighted by molar-refractivity contribution is 6.28. The zero-order chi connectivity index (χ0) is 38.1. The molecule has 1 aromatic heterocycles. The molecule has 0 bridgehead atoms. The molecular formula is C54H37N3. The van der Waals surface area contributed by atoms with Gasteiger partial charge in [-0.15, -0.1) is 0 Å². The SMILES string of the molecule is CC1(C)c2ccccc2-c2cc(-c3ccc4c(c3)c3ccccc3c3cccc(-c5nc(-c6ccccc6)nc(-c6ccc(-c7ccccc7)cc6)n5)c34)ccc21. The van der Waals surface area contributed by atoms with Crippen molar-refractivity contribution in [2.75, 3.05) is 0 Å². The topological polar surface area (TPSA) is 38.7 Å². The van der Waals surface area contributed by atoms with Gasteiger partial charge in [0.25, 0.3) is 0 Å².